The van der Waals surface area contributed by atoms with Crippen molar-refractivity contribution in [3.05, 3.63) is 59.8 Å². The Hall–Kier alpha value is -3.80. The minimum absolute atomic E-state index is 0.0151. The molecule has 0 radical (unpaired) electrons. The van der Waals surface area contributed by atoms with Crippen LogP contribution in [0.15, 0.2) is 47.0 Å². The highest BCUT2D eigenvalue weighted by molar-refractivity contribution is 7.92. The Kier molecular flexibility index (Phi) is 8.34. The normalized spacial score (nSPS) is 15.1. The van der Waals surface area contributed by atoms with E-state index in [0.29, 0.717) is 36.4 Å². The van der Waals surface area contributed by atoms with Crippen molar-refractivity contribution in [2.75, 3.05) is 30.0 Å². The van der Waals surface area contributed by atoms with Crippen LogP contribution >= 0.6 is 0 Å². The van der Waals surface area contributed by atoms with Gasteiger partial charge in [0.25, 0.3) is 0 Å². The van der Waals surface area contributed by atoms with Crippen LogP contribution in [0.1, 0.15) is 39.2 Å². The van der Waals surface area contributed by atoms with E-state index >= 15 is 0 Å². The van der Waals surface area contributed by atoms with Crippen molar-refractivity contribution in [1.29, 1.82) is 0 Å². The van der Waals surface area contributed by atoms with E-state index < -0.39 is 33.1 Å². The Bertz CT molecular complexity index is 1500. The first-order valence-electron chi connectivity index (χ1n) is 12.4. The van der Waals surface area contributed by atoms with Gasteiger partial charge >= 0.3 is 6.09 Å². The van der Waals surface area contributed by atoms with Crippen molar-refractivity contribution in [2.45, 2.75) is 45.0 Å². The number of hydrogen-bond acceptors (Lipinski definition) is 8. The van der Waals surface area contributed by atoms with E-state index in [4.69, 9.17) is 9.47 Å². The molecule has 0 aliphatic carbocycles. The molecule has 9 nitrogen and oxygen atoms in total. The molecule has 1 atom stereocenters. The van der Waals surface area contributed by atoms with Crippen molar-refractivity contribution in [2.24, 2.45) is 4.36 Å². The molecule has 0 spiro atoms. The van der Waals surface area contributed by atoms with E-state index in [2.05, 4.69) is 25.0 Å². The molecule has 0 saturated heterocycles. The van der Waals surface area contributed by atoms with Crippen LogP contribution in [0.25, 0.3) is 11.3 Å². The SMILES string of the molecule is CC(C)(C)OC(=O)N=S(C)(=O)Cc1cc2cc(c1)Nc1ncc(F)c(n1)-c1ccc(F)cc1OCCCCN2. The highest BCUT2D eigenvalue weighted by Gasteiger charge is 2.19. The summed E-state index contributed by atoms with van der Waals surface area (Å²) < 4.78 is 56.7. The molecule has 1 unspecified atom stereocenters. The number of nitrogens with zero attached hydrogens (tertiary/aromatic N) is 3. The fourth-order valence-electron chi connectivity index (χ4n) is 3.93. The van der Waals surface area contributed by atoms with Crippen LogP contribution in [0.2, 0.25) is 0 Å². The number of benzene rings is 2. The Morgan fingerprint density at radius 2 is 1.92 bits per heavy atom. The molecule has 2 heterocycles. The molecule has 3 aromatic rings. The Labute approximate surface area is 226 Å². The molecule has 39 heavy (non-hydrogen) atoms. The van der Waals surface area contributed by atoms with Gasteiger partial charge in [0.2, 0.25) is 5.95 Å². The molecule has 2 N–H and O–H groups in total. The first kappa shape index (κ1) is 28.2. The predicted molar refractivity (Wildman–Crippen MR) is 147 cm³/mol. The maximum absolute atomic E-state index is 14.8. The fourth-order valence-corrected chi connectivity index (χ4v) is 5.13. The topological polar surface area (TPSA) is 115 Å². The number of hydrogen-bond donors (Lipinski definition) is 2. The van der Waals surface area contributed by atoms with E-state index in [9.17, 15) is 17.8 Å². The zero-order valence-electron chi connectivity index (χ0n) is 22.2. The summed E-state index contributed by atoms with van der Waals surface area (Å²) >= 11 is 0. The molecule has 1 aliphatic heterocycles. The van der Waals surface area contributed by atoms with Gasteiger partial charge in [-0.1, -0.05) is 0 Å². The van der Waals surface area contributed by atoms with Gasteiger partial charge in [0.05, 0.1) is 28.3 Å². The number of carbonyl (C=O) groups excluding carboxylic acids is 1. The standard InChI is InChI=1S/C27H31F2N5O4S/c1-27(2,3)38-26(35)34-39(4,36)16-17-11-19-14-20(12-17)32-25-31-15-22(29)24(33-25)21-8-7-18(28)13-23(21)37-10-6-5-9-30-19/h7-8,11-15,30H,5-6,9-10,16H2,1-4H3,(H,31,32,33). The number of amides is 1. The molecule has 1 aromatic heterocycles. The lowest BCUT2D eigenvalue weighted by atomic mass is 10.1. The molecule has 208 valence electrons. The van der Waals surface area contributed by atoms with Gasteiger partial charge in [-0.2, -0.15) is 0 Å². The molecule has 12 heteroatoms. The van der Waals surface area contributed by atoms with Gasteiger partial charge in [-0.25, -0.2) is 27.8 Å². The largest absolute Gasteiger partial charge is 0.493 e. The zero-order valence-corrected chi connectivity index (χ0v) is 23.0. The van der Waals surface area contributed by atoms with Gasteiger partial charge in [0, 0.05) is 35.8 Å². The van der Waals surface area contributed by atoms with Gasteiger partial charge in [0.1, 0.15) is 22.9 Å². The third-order valence-electron chi connectivity index (χ3n) is 5.45. The molecule has 0 fully saturated rings. The third kappa shape index (κ3) is 8.09. The summed E-state index contributed by atoms with van der Waals surface area (Å²) in [5.41, 5.74) is 1.41. The second-order valence-corrected chi connectivity index (χ2v) is 12.6. The van der Waals surface area contributed by atoms with Crippen LogP contribution < -0.4 is 15.4 Å². The van der Waals surface area contributed by atoms with E-state index in [1.807, 2.05) is 12.1 Å². The third-order valence-corrected chi connectivity index (χ3v) is 6.85. The number of carbonyl (C=O) groups is 1. The Morgan fingerprint density at radius 3 is 2.69 bits per heavy atom. The summed E-state index contributed by atoms with van der Waals surface area (Å²) in [6, 6.07) is 9.22. The summed E-state index contributed by atoms with van der Waals surface area (Å²) in [5, 5.41) is 6.39. The average molecular weight is 560 g/mol. The van der Waals surface area contributed by atoms with E-state index in [0.717, 1.165) is 18.3 Å². The van der Waals surface area contributed by atoms with Crippen molar-refractivity contribution in [1.82, 2.24) is 9.97 Å². The molecule has 0 saturated carbocycles. The number of aromatic nitrogens is 2. The highest BCUT2D eigenvalue weighted by Crippen LogP contribution is 2.33. The van der Waals surface area contributed by atoms with Crippen LogP contribution in [-0.2, 0) is 20.2 Å². The zero-order chi connectivity index (χ0) is 28.2. The van der Waals surface area contributed by atoms with E-state index in [1.165, 1.54) is 24.5 Å². The predicted octanol–water partition coefficient (Wildman–Crippen LogP) is 6.28. The van der Waals surface area contributed by atoms with Crippen molar-refractivity contribution in [3.8, 4) is 17.0 Å². The quantitative estimate of drug-likeness (QED) is 0.377. The van der Waals surface area contributed by atoms with Gasteiger partial charge < -0.3 is 20.1 Å². The molecule has 1 aliphatic rings. The van der Waals surface area contributed by atoms with Crippen LogP contribution in [0, 0.1) is 11.6 Å². The molecule has 2 aromatic carbocycles. The van der Waals surface area contributed by atoms with Gasteiger partial charge in [0.15, 0.2) is 5.82 Å². The maximum Gasteiger partial charge on any atom is 0.442 e. The van der Waals surface area contributed by atoms with Crippen molar-refractivity contribution < 1.29 is 27.3 Å². The Morgan fingerprint density at radius 1 is 1.15 bits per heavy atom. The average Bonchev–Trinajstić information content (AvgIpc) is 2.80. The van der Waals surface area contributed by atoms with Crippen molar-refractivity contribution in [3.63, 3.8) is 0 Å². The fraction of sp³-hybridized carbons (Fsp3) is 0.370. The highest BCUT2D eigenvalue weighted by atomic mass is 32.2. The lowest BCUT2D eigenvalue weighted by Gasteiger charge is -2.17. The molecular weight excluding hydrogens is 528 g/mol. The minimum Gasteiger partial charge on any atom is -0.493 e. The summed E-state index contributed by atoms with van der Waals surface area (Å²) in [6.45, 7) is 6.02. The molecular formula is C27H31F2N5O4S. The van der Waals surface area contributed by atoms with Gasteiger partial charge in [-0.15, -0.1) is 4.36 Å². The van der Waals surface area contributed by atoms with E-state index in [1.54, 1.807) is 26.8 Å². The Balaban J connectivity index is 1.70. The smallest absolute Gasteiger partial charge is 0.442 e. The van der Waals surface area contributed by atoms with E-state index in [-0.39, 0.29) is 23.1 Å². The number of halogens is 2. The number of anilines is 3. The molecule has 4 rings (SSSR count). The van der Waals surface area contributed by atoms with Crippen LogP contribution in [0.3, 0.4) is 0 Å². The number of nitrogens with one attached hydrogen (secondary N) is 2. The lowest BCUT2D eigenvalue weighted by Crippen LogP contribution is -2.22. The monoisotopic (exact) mass is 559 g/mol. The maximum atomic E-state index is 14.8. The summed E-state index contributed by atoms with van der Waals surface area (Å²) in [7, 11) is -2.97. The number of ether oxygens (including phenoxy) is 2. The summed E-state index contributed by atoms with van der Waals surface area (Å²) in [5.74, 6) is -0.924. The first-order valence-corrected chi connectivity index (χ1v) is 14.5. The molecule has 4 bridgehead atoms. The number of fused-ring (bicyclic) bond motifs is 6. The minimum atomic E-state index is -2.97. The summed E-state index contributed by atoms with van der Waals surface area (Å²) in [4.78, 5) is 20.5. The lowest BCUT2D eigenvalue weighted by molar-refractivity contribution is 0.0607. The summed E-state index contributed by atoms with van der Waals surface area (Å²) in [6.07, 6.45) is 2.93. The van der Waals surface area contributed by atoms with Gasteiger partial charge in [-0.3, -0.25) is 0 Å². The second-order valence-electron chi connectivity index (χ2n) is 10.2. The van der Waals surface area contributed by atoms with Crippen molar-refractivity contribution >= 4 is 33.1 Å². The van der Waals surface area contributed by atoms with Crippen LogP contribution in [-0.4, -0.2) is 45.3 Å². The molecule has 1 amide bonds. The van der Waals surface area contributed by atoms with Gasteiger partial charge in [-0.05, 0) is 69.5 Å². The van der Waals surface area contributed by atoms with Crippen LogP contribution in [0.4, 0.5) is 30.9 Å². The second kappa shape index (κ2) is 11.5. The van der Waals surface area contributed by atoms with Crippen LogP contribution in [0.5, 0.6) is 5.75 Å². The number of rotatable bonds is 2. The first-order chi connectivity index (χ1) is 18.4.